The van der Waals surface area contributed by atoms with Crippen molar-refractivity contribution in [2.45, 2.75) is 41.4 Å². The Bertz CT molecular complexity index is 1450. The number of hydrogen-bond donors (Lipinski definition) is 1. The molecular formula is C24H20ClNO6S. The molecule has 1 aliphatic heterocycles. The van der Waals surface area contributed by atoms with Crippen molar-refractivity contribution in [3.05, 3.63) is 77.3 Å². The molecular weight excluding hydrogens is 466 g/mol. The Morgan fingerprint density at radius 1 is 1.03 bits per heavy atom. The Labute approximate surface area is 195 Å². The molecule has 33 heavy (non-hydrogen) atoms. The van der Waals surface area contributed by atoms with E-state index in [1.54, 1.807) is 56.3 Å². The van der Waals surface area contributed by atoms with Gasteiger partial charge in [0.15, 0.2) is 11.7 Å². The van der Waals surface area contributed by atoms with Gasteiger partial charge in [-0.05, 0) is 67.5 Å². The van der Waals surface area contributed by atoms with Crippen LogP contribution in [0.2, 0.25) is 5.02 Å². The molecule has 0 spiro atoms. The number of ether oxygens (including phenoxy) is 2. The number of fused-ring (bicyclic) bond motifs is 2. The summed E-state index contributed by atoms with van der Waals surface area (Å²) in [6, 6.07) is 17.6. The zero-order valence-corrected chi connectivity index (χ0v) is 19.3. The molecule has 0 saturated carbocycles. The second-order valence-corrected chi connectivity index (χ2v) is 10.7. The summed E-state index contributed by atoms with van der Waals surface area (Å²) >= 11 is 6.11. The Hall–Kier alpha value is -3.07. The minimum absolute atomic E-state index is 0.0598. The molecule has 0 saturated heterocycles. The molecule has 0 bridgehead atoms. The first-order valence-corrected chi connectivity index (χ1v) is 12.1. The van der Waals surface area contributed by atoms with Crippen molar-refractivity contribution in [1.29, 1.82) is 0 Å². The van der Waals surface area contributed by atoms with E-state index >= 15 is 0 Å². The molecule has 9 heteroatoms. The van der Waals surface area contributed by atoms with Gasteiger partial charge in [0, 0.05) is 10.6 Å². The lowest BCUT2D eigenvalue weighted by Gasteiger charge is -2.41. The highest BCUT2D eigenvalue weighted by molar-refractivity contribution is 7.91. The molecule has 0 unspecified atom stereocenters. The van der Waals surface area contributed by atoms with Gasteiger partial charge in [-0.25, -0.2) is 8.42 Å². The third kappa shape index (κ3) is 3.74. The smallest absolute Gasteiger partial charge is 0.262 e. The van der Waals surface area contributed by atoms with Gasteiger partial charge in [0.2, 0.25) is 9.84 Å². The van der Waals surface area contributed by atoms with Crippen LogP contribution >= 0.6 is 11.6 Å². The average molecular weight is 486 g/mol. The van der Waals surface area contributed by atoms with Gasteiger partial charge < -0.3 is 19.1 Å². The Balaban J connectivity index is 1.62. The molecule has 0 fully saturated rings. The molecule has 2 heterocycles. The van der Waals surface area contributed by atoms with Crippen molar-refractivity contribution < 1.29 is 27.5 Å². The molecule has 0 aliphatic carbocycles. The summed E-state index contributed by atoms with van der Waals surface area (Å²) in [5, 5.41) is 16.1. The first kappa shape index (κ1) is 21.8. The lowest BCUT2D eigenvalue weighted by atomic mass is 9.88. The molecule has 1 N–H and O–H groups in total. The van der Waals surface area contributed by atoms with Crippen molar-refractivity contribution >= 4 is 32.4 Å². The number of benzene rings is 3. The van der Waals surface area contributed by atoms with Crippen LogP contribution in [-0.4, -0.2) is 30.4 Å². The maximum atomic E-state index is 13.2. The monoisotopic (exact) mass is 485 g/mol. The van der Waals surface area contributed by atoms with Gasteiger partial charge in [0.1, 0.15) is 17.5 Å². The van der Waals surface area contributed by atoms with Crippen LogP contribution in [0.5, 0.6) is 11.6 Å². The van der Waals surface area contributed by atoms with Crippen LogP contribution in [-0.2, 0) is 9.84 Å². The summed E-state index contributed by atoms with van der Waals surface area (Å²) in [5.41, 5.74) is -0.151. The molecule has 170 valence electrons. The van der Waals surface area contributed by atoms with E-state index in [0.29, 0.717) is 27.3 Å². The van der Waals surface area contributed by atoms with E-state index in [9.17, 15) is 13.5 Å². The highest BCUT2D eigenvalue weighted by Gasteiger charge is 2.45. The predicted octanol–water partition coefficient (Wildman–Crippen LogP) is 4.97. The molecule has 4 aromatic rings. The zero-order chi connectivity index (χ0) is 23.4. The van der Waals surface area contributed by atoms with E-state index in [1.165, 1.54) is 24.3 Å². The van der Waals surface area contributed by atoms with Crippen molar-refractivity contribution in [2.24, 2.45) is 0 Å². The van der Waals surface area contributed by atoms with Crippen LogP contribution in [0.1, 0.15) is 25.5 Å². The molecule has 0 amide bonds. The summed E-state index contributed by atoms with van der Waals surface area (Å²) in [7, 11) is -3.79. The first-order chi connectivity index (χ1) is 15.7. The normalized spacial score (nSPS) is 19.6. The van der Waals surface area contributed by atoms with Crippen molar-refractivity contribution in [3.8, 4) is 11.6 Å². The number of rotatable bonds is 4. The van der Waals surface area contributed by atoms with Crippen LogP contribution in [0.3, 0.4) is 0 Å². The molecule has 2 atom stereocenters. The highest BCUT2D eigenvalue weighted by atomic mass is 35.5. The fourth-order valence-corrected chi connectivity index (χ4v) is 5.33. The number of aromatic nitrogens is 1. The maximum Gasteiger partial charge on any atom is 0.262 e. The second-order valence-electron chi connectivity index (χ2n) is 8.33. The number of hydrogen-bond acceptors (Lipinski definition) is 7. The molecule has 5 rings (SSSR count). The summed E-state index contributed by atoms with van der Waals surface area (Å²) in [4.78, 5) is 0.224. The SMILES string of the molecule is CC1(C)Oc2ccc(S(=O)(=O)c3ccccc3)cc2[C@@H](Oc2noc3ccc(Cl)cc23)[C@@H]1O. The van der Waals surface area contributed by atoms with E-state index in [2.05, 4.69) is 5.16 Å². The molecule has 3 aromatic carbocycles. The van der Waals surface area contributed by atoms with E-state index in [0.717, 1.165) is 0 Å². The van der Waals surface area contributed by atoms with Crippen LogP contribution in [0.15, 0.2) is 81.0 Å². The Morgan fingerprint density at radius 3 is 2.55 bits per heavy atom. The van der Waals surface area contributed by atoms with Crippen molar-refractivity contribution in [1.82, 2.24) is 5.16 Å². The number of nitrogens with zero attached hydrogens (tertiary/aromatic N) is 1. The number of aliphatic hydroxyl groups is 1. The number of aliphatic hydroxyl groups excluding tert-OH is 1. The fourth-order valence-electron chi connectivity index (χ4n) is 3.85. The third-order valence-corrected chi connectivity index (χ3v) is 7.66. The Kier molecular flexibility index (Phi) is 5.12. The van der Waals surface area contributed by atoms with E-state index in [1.807, 2.05) is 0 Å². The van der Waals surface area contributed by atoms with Gasteiger partial charge in [-0.15, -0.1) is 0 Å². The summed E-state index contributed by atoms with van der Waals surface area (Å²) < 4.78 is 43.8. The highest BCUT2D eigenvalue weighted by Crippen LogP contribution is 2.44. The van der Waals surface area contributed by atoms with Crippen LogP contribution in [0.4, 0.5) is 0 Å². The topological polar surface area (TPSA) is 98.9 Å². The fraction of sp³-hybridized carbons (Fsp3) is 0.208. The van der Waals surface area contributed by atoms with Crippen molar-refractivity contribution in [2.75, 3.05) is 0 Å². The zero-order valence-electron chi connectivity index (χ0n) is 17.7. The lowest BCUT2D eigenvalue weighted by Crippen LogP contribution is -2.50. The maximum absolute atomic E-state index is 13.2. The van der Waals surface area contributed by atoms with Crippen molar-refractivity contribution in [3.63, 3.8) is 0 Å². The van der Waals surface area contributed by atoms with Crippen LogP contribution in [0.25, 0.3) is 11.0 Å². The van der Waals surface area contributed by atoms with Gasteiger partial charge in [-0.1, -0.05) is 29.8 Å². The average Bonchev–Trinajstić information content (AvgIpc) is 3.18. The van der Waals surface area contributed by atoms with Gasteiger partial charge in [0.05, 0.1) is 15.2 Å². The third-order valence-electron chi connectivity index (χ3n) is 5.66. The summed E-state index contributed by atoms with van der Waals surface area (Å²) in [6.45, 7) is 3.45. The van der Waals surface area contributed by atoms with E-state index in [4.69, 9.17) is 25.6 Å². The molecule has 1 aromatic heterocycles. The largest absolute Gasteiger partial charge is 0.485 e. The molecule has 1 aliphatic rings. The first-order valence-electron chi connectivity index (χ1n) is 10.2. The van der Waals surface area contributed by atoms with Crippen LogP contribution < -0.4 is 9.47 Å². The predicted molar refractivity (Wildman–Crippen MR) is 121 cm³/mol. The van der Waals surface area contributed by atoms with Crippen LogP contribution in [0, 0.1) is 0 Å². The number of sulfone groups is 1. The van der Waals surface area contributed by atoms with E-state index < -0.39 is 27.6 Å². The van der Waals surface area contributed by atoms with Gasteiger partial charge in [0.25, 0.3) is 5.88 Å². The van der Waals surface area contributed by atoms with Gasteiger partial charge >= 0.3 is 0 Å². The molecule has 0 radical (unpaired) electrons. The standard InChI is InChI=1S/C24H20ClNO6S/c1-24(2)22(27)21(30-23-18-12-14(25)8-10-20(18)32-26-23)17-13-16(9-11-19(17)31-24)33(28,29)15-6-4-3-5-7-15/h3-13,21-22,27H,1-2H3/t21-,22+/m1/s1. The second kappa shape index (κ2) is 7.76. The number of halogens is 1. The Morgan fingerprint density at radius 2 is 1.79 bits per heavy atom. The van der Waals surface area contributed by atoms with E-state index in [-0.39, 0.29) is 15.7 Å². The molecule has 7 nitrogen and oxygen atoms in total. The summed E-state index contributed by atoms with van der Waals surface area (Å²) in [6.07, 6.45) is -2.10. The summed E-state index contributed by atoms with van der Waals surface area (Å²) in [5.74, 6) is 0.546. The minimum atomic E-state index is -3.79. The van der Waals surface area contributed by atoms with Gasteiger partial charge in [-0.3, -0.25) is 0 Å². The quantitative estimate of drug-likeness (QED) is 0.436. The lowest BCUT2D eigenvalue weighted by molar-refractivity contribution is -0.104. The minimum Gasteiger partial charge on any atom is -0.485 e. The van der Waals surface area contributed by atoms with Gasteiger partial charge in [-0.2, -0.15) is 0 Å².